The molecule has 8 nitrogen and oxygen atoms in total. The lowest BCUT2D eigenvalue weighted by Gasteiger charge is -2.32. The molecule has 2 N–H and O–H groups in total. The zero-order valence-corrected chi connectivity index (χ0v) is 12.1. The van der Waals surface area contributed by atoms with Crippen molar-refractivity contribution >= 4 is 11.7 Å². The SMILES string of the molecule is Cc1cnc(C(=O)N2CCOC(c3nccnc3N)C2)cn1. The number of nitrogens with two attached hydrogens (primary N) is 1. The first-order valence-electron chi connectivity index (χ1n) is 6.91. The van der Waals surface area contributed by atoms with Crippen molar-refractivity contribution in [2.45, 2.75) is 13.0 Å². The molecule has 0 aliphatic carbocycles. The van der Waals surface area contributed by atoms with E-state index in [4.69, 9.17) is 10.5 Å². The largest absolute Gasteiger partial charge is 0.382 e. The van der Waals surface area contributed by atoms with Crippen LogP contribution in [-0.4, -0.2) is 50.4 Å². The molecule has 0 saturated carbocycles. The van der Waals surface area contributed by atoms with Crippen LogP contribution >= 0.6 is 0 Å². The van der Waals surface area contributed by atoms with Crippen LogP contribution in [0.15, 0.2) is 24.8 Å². The number of carbonyl (C=O) groups is 1. The van der Waals surface area contributed by atoms with Crippen molar-refractivity contribution in [3.8, 4) is 0 Å². The average Bonchev–Trinajstić information content (AvgIpc) is 2.55. The van der Waals surface area contributed by atoms with Gasteiger partial charge < -0.3 is 15.4 Å². The second-order valence-corrected chi connectivity index (χ2v) is 4.98. The van der Waals surface area contributed by atoms with Crippen LogP contribution in [0.3, 0.4) is 0 Å². The summed E-state index contributed by atoms with van der Waals surface area (Å²) >= 11 is 0. The Morgan fingerprint density at radius 1 is 1.27 bits per heavy atom. The van der Waals surface area contributed by atoms with E-state index in [-0.39, 0.29) is 12.0 Å². The number of ether oxygens (including phenoxy) is 1. The van der Waals surface area contributed by atoms with E-state index in [0.717, 1.165) is 5.69 Å². The first-order valence-corrected chi connectivity index (χ1v) is 6.91. The summed E-state index contributed by atoms with van der Waals surface area (Å²) in [6.07, 6.45) is 5.75. The highest BCUT2D eigenvalue weighted by molar-refractivity contribution is 5.92. The minimum atomic E-state index is -0.384. The molecule has 0 bridgehead atoms. The predicted molar refractivity (Wildman–Crippen MR) is 77.8 cm³/mol. The highest BCUT2D eigenvalue weighted by Gasteiger charge is 2.29. The Morgan fingerprint density at radius 2 is 2.09 bits per heavy atom. The van der Waals surface area contributed by atoms with Gasteiger partial charge in [0.05, 0.1) is 25.0 Å². The summed E-state index contributed by atoms with van der Waals surface area (Å²) in [7, 11) is 0. The van der Waals surface area contributed by atoms with Crippen LogP contribution in [0.4, 0.5) is 5.82 Å². The Bertz CT molecular complexity index is 675. The molecule has 1 fully saturated rings. The summed E-state index contributed by atoms with van der Waals surface area (Å²) in [4.78, 5) is 30.6. The zero-order valence-electron chi connectivity index (χ0n) is 12.1. The number of carbonyl (C=O) groups excluding carboxylic acids is 1. The molecule has 0 radical (unpaired) electrons. The molecule has 1 unspecified atom stereocenters. The number of hydrogen-bond donors (Lipinski definition) is 1. The molecule has 3 rings (SSSR count). The third kappa shape index (κ3) is 2.86. The van der Waals surface area contributed by atoms with Gasteiger partial charge in [-0.15, -0.1) is 0 Å². The number of amides is 1. The monoisotopic (exact) mass is 300 g/mol. The Balaban J connectivity index is 1.77. The number of nitrogens with zero attached hydrogens (tertiary/aromatic N) is 5. The number of nitrogen functional groups attached to an aromatic ring is 1. The Hall–Kier alpha value is -2.61. The summed E-state index contributed by atoms with van der Waals surface area (Å²) in [5, 5.41) is 0. The molecular weight excluding hydrogens is 284 g/mol. The molecule has 1 amide bonds. The van der Waals surface area contributed by atoms with E-state index in [1.54, 1.807) is 17.3 Å². The summed E-state index contributed by atoms with van der Waals surface area (Å²) in [5.41, 5.74) is 7.46. The Labute approximate surface area is 127 Å². The van der Waals surface area contributed by atoms with Crippen molar-refractivity contribution in [3.05, 3.63) is 41.9 Å². The lowest BCUT2D eigenvalue weighted by Crippen LogP contribution is -2.43. The lowest BCUT2D eigenvalue weighted by atomic mass is 10.2. The molecule has 1 aliphatic heterocycles. The van der Waals surface area contributed by atoms with Gasteiger partial charge in [-0.1, -0.05) is 0 Å². The molecule has 114 valence electrons. The maximum atomic E-state index is 12.5. The van der Waals surface area contributed by atoms with Gasteiger partial charge in [0.1, 0.15) is 23.3 Å². The van der Waals surface area contributed by atoms with E-state index in [9.17, 15) is 4.79 Å². The van der Waals surface area contributed by atoms with E-state index in [0.29, 0.717) is 36.9 Å². The quantitative estimate of drug-likeness (QED) is 0.853. The normalized spacial score (nSPS) is 18.2. The van der Waals surface area contributed by atoms with Crippen LogP contribution in [-0.2, 0) is 4.74 Å². The molecule has 22 heavy (non-hydrogen) atoms. The van der Waals surface area contributed by atoms with E-state index >= 15 is 0 Å². The summed E-state index contributed by atoms with van der Waals surface area (Å²) < 4.78 is 5.67. The molecule has 1 saturated heterocycles. The van der Waals surface area contributed by atoms with Crippen LogP contribution in [0, 0.1) is 6.92 Å². The van der Waals surface area contributed by atoms with Gasteiger partial charge in [0.2, 0.25) is 0 Å². The molecule has 0 spiro atoms. The molecular formula is C14H16N6O2. The predicted octanol–water partition coefficient (Wildman–Crippen LogP) is 0.371. The van der Waals surface area contributed by atoms with Crippen molar-refractivity contribution in [2.75, 3.05) is 25.4 Å². The minimum Gasteiger partial charge on any atom is -0.382 e. The van der Waals surface area contributed by atoms with Gasteiger partial charge in [-0.2, -0.15) is 0 Å². The molecule has 3 heterocycles. The van der Waals surface area contributed by atoms with Crippen LogP contribution in [0.25, 0.3) is 0 Å². The first-order chi connectivity index (χ1) is 10.6. The molecule has 8 heteroatoms. The second-order valence-electron chi connectivity index (χ2n) is 4.98. The van der Waals surface area contributed by atoms with Crippen LogP contribution < -0.4 is 5.73 Å². The third-order valence-electron chi connectivity index (χ3n) is 3.42. The van der Waals surface area contributed by atoms with Crippen molar-refractivity contribution in [2.24, 2.45) is 0 Å². The average molecular weight is 300 g/mol. The van der Waals surface area contributed by atoms with Crippen LogP contribution in [0.5, 0.6) is 0 Å². The van der Waals surface area contributed by atoms with Gasteiger partial charge in [0.15, 0.2) is 0 Å². The lowest BCUT2D eigenvalue weighted by molar-refractivity contribution is -0.0247. The van der Waals surface area contributed by atoms with Gasteiger partial charge in [0.25, 0.3) is 5.91 Å². The number of morpholine rings is 1. The van der Waals surface area contributed by atoms with Crippen LogP contribution in [0.2, 0.25) is 0 Å². The topological polar surface area (TPSA) is 107 Å². The van der Waals surface area contributed by atoms with Gasteiger partial charge in [-0.05, 0) is 6.92 Å². The van der Waals surface area contributed by atoms with E-state index < -0.39 is 0 Å². The van der Waals surface area contributed by atoms with Crippen molar-refractivity contribution < 1.29 is 9.53 Å². The standard InChI is InChI=1S/C14H16N6O2/c1-9-6-19-10(7-18-9)14(21)20-4-5-22-11(8-20)12-13(15)17-3-2-16-12/h2-3,6-7,11H,4-5,8H2,1H3,(H2,15,17). The molecule has 2 aromatic rings. The maximum absolute atomic E-state index is 12.5. The highest BCUT2D eigenvalue weighted by atomic mass is 16.5. The van der Waals surface area contributed by atoms with Gasteiger partial charge in [-0.3, -0.25) is 14.8 Å². The fraction of sp³-hybridized carbons (Fsp3) is 0.357. The highest BCUT2D eigenvalue weighted by Crippen LogP contribution is 2.24. The number of rotatable bonds is 2. The zero-order chi connectivity index (χ0) is 15.5. The van der Waals surface area contributed by atoms with Crippen LogP contribution in [0.1, 0.15) is 28.0 Å². The van der Waals surface area contributed by atoms with Gasteiger partial charge >= 0.3 is 0 Å². The first kappa shape index (κ1) is 14.3. The van der Waals surface area contributed by atoms with Gasteiger partial charge in [-0.25, -0.2) is 9.97 Å². The number of aromatic nitrogens is 4. The molecule has 2 aromatic heterocycles. The molecule has 1 aliphatic rings. The van der Waals surface area contributed by atoms with E-state index in [2.05, 4.69) is 19.9 Å². The Kier molecular flexibility index (Phi) is 3.92. The number of aryl methyl sites for hydroxylation is 1. The Morgan fingerprint density at radius 3 is 2.82 bits per heavy atom. The fourth-order valence-corrected chi connectivity index (χ4v) is 2.27. The molecule has 0 aromatic carbocycles. The molecule has 1 atom stereocenters. The third-order valence-corrected chi connectivity index (χ3v) is 3.42. The second kappa shape index (κ2) is 6.02. The summed E-state index contributed by atoms with van der Waals surface area (Å²) in [6, 6.07) is 0. The van der Waals surface area contributed by atoms with E-state index in [1.807, 2.05) is 6.92 Å². The fourth-order valence-electron chi connectivity index (χ4n) is 2.27. The van der Waals surface area contributed by atoms with Crippen molar-refractivity contribution in [1.29, 1.82) is 0 Å². The van der Waals surface area contributed by atoms with Crippen molar-refractivity contribution in [3.63, 3.8) is 0 Å². The number of hydrogen-bond acceptors (Lipinski definition) is 7. The number of anilines is 1. The summed E-state index contributed by atoms with van der Waals surface area (Å²) in [6.45, 7) is 3.08. The maximum Gasteiger partial charge on any atom is 0.274 e. The smallest absolute Gasteiger partial charge is 0.274 e. The van der Waals surface area contributed by atoms with E-state index in [1.165, 1.54) is 12.4 Å². The van der Waals surface area contributed by atoms with Gasteiger partial charge in [0, 0.05) is 25.1 Å². The van der Waals surface area contributed by atoms with Crippen molar-refractivity contribution in [1.82, 2.24) is 24.8 Å². The summed E-state index contributed by atoms with van der Waals surface area (Å²) in [5.74, 6) is 0.139. The minimum absolute atomic E-state index is 0.178.